The first kappa shape index (κ1) is 14.5. The Morgan fingerprint density at radius 2 is 2.06 bits per heavy atom. The van der Waals surface area contributed by atoms with E-state index in [0.717, 1.165) is 11.4 Å². The van der Waals surface area contributed by atoms with Crippen molar-refractivity contribution in [1.82, 2.24) is 9.78 Å². The van der Waals surface area contributed by atoms with Gasteiger partial charge in [0.1, 0.15) is 0 Å². The van der Waals surface area contributed by atoms with Crippen molar-refractivity contribution in [2.24, 2.45) is 17.8 Å². The Hall–Kier alpha value is -1.57. The van der Waals surface area contributed by atoms with Crippen LogP contribution in [0.3, 0.4) is 0 Å². The van der Waals surface area contributed by atoms with E-state index in [1.807, 2.05) is 43.4 Å². The SMILES string of the molecule is Cn1nccc1CN=C(N)Nc1ccccc1.I. The van der Waals surface area contributed by atoms with Crippen LogP contribution >= 0.6 is 24.0 Å². The van der Waals surface area contributed by atoms with Crippen LogP contribution < -0.4 is 11.1 Å². The van der Waals surface area contributed by atoms with Crippen molar-refractivity contribution >= 4 is 35.6 Å². The van der Waals surface area contributed by atoms with Gasteiger partial charge in [0.15, 0.2) is 5.96 Å². The number of anilines is 1. The predicted molar refractivity (Wildman–Crippen MR) is 84.0 cm³/mol. The summed E-state index contributed by atoms with van der Waals surface area (Å²) in [6.45, 7) is 0.516. The molecule has 5 nitrogen and oxygen atoms in total. The van der Waals surface area contributed by atoms with E-state index < -0.39 is 0 Å². The number of nitrogens with zero attached hydrogens (tertiary/aromatic N) is 3. The molecule has 0 spiro atoms. The summed E-state index contributed by atoms with van der Waals surface area (Å²) >= 11 is 0. The third-order valence-electron chi connectivity index (χ3n) is 2.38. The van der Waals surface area contributed by atoms with Gasteiger partial charge in [0.2, 0.25) is 0 Å². The van der Waals surface area contributed by atoms with Gasteiger partial charge in [0, 0.05) is 18.9 Å². The van der Waals surface area contributed by atoms with Crippen molar-refractivity contribution in [3.8, 4) is 0 Å². The first-order valence-corrected chi connectivity index (χ1v) is 5.34. The number of para-hydroxylation sites is 1. The summed E-state index contributed by atoms with van der Waals surface area (Å²) in [6.07, 6.45) is 1.74. The highest BCUT2D eigenvalue weighted by Gasteiger charge is 1.97. The number of halogens is 1. The molecule has 0 bridgehead atoms. The molecule has 0 fully saturated rings. The maximum Gasteiger partial charge on any atom is 0.193 e. The maximum atomic E-state index is 5.78. The summed E-state index contributed by atoms with van der Waals surface area (Å²) in [5, 5.41) is 7.09. The number of benzene rings is 1. The van der Waals surface area contributed by atoms with Crippen LogP contribution in [-0.4, -0.2) is 15.7 Å². The Labute approximate surface area is 123 Å². The molecule has 2 rings (SSSR count). The normalized spacial score (nSPS) is 10.8. The van der Waals surface area contributed by atoms with Crippen LogP contribution in [0, 0.1) is 0 Å². The van der Waals surface area contributed by atoms with Gasteiger partial charge < -0.3 is 11.1 Å². The second-order valence-electron chi connectivity index (χ2n) is 3.64. The molecule has 6 heteroatoms. The lowest BCUT2D eigenvalue weighted by Crippen LogP contribution is -2.22. The summed E-state index contributed by atoms with van der Waals surface area (Å²) in [5.74, 6) is 0.400. The fraction of sp³-hybridized carbons (Fsp3) is 0.167. The summed E-state index contributed by atoms with van der Waals surface area (Å²) in [4.78, 5) is 4.25. The van der Waals surface area contributed by atoms with Crippen LogP contribution in [0.2, 0.25) is 0 Å². The molecular weight excluding hydrogens is 341 g/mol. The van der Waals surface area contributed by atoms with Gasteiger partial charge in [-0.1, -0.05) is 18.2 Å². The van der Waals surface area contributed by atoms with E-state index in [1.54, 1.807) is 10.9 Å². The molecule has 0 saturated carbocycles. The third-order valence-corrected chi connectivity index (χ3v) is 2.38. The molecule has 0 unspecified atom stereocenters. The number of hydrogen-bond acceptors (Lipinski definition) is 2. The van der Waals surface area contributed by atoms with E-state index in [1.165, 1.54) is 0 Å². The number of rotatable bonds is 3. The highest BCUT2D eigenvalue weighted by atomic mass is 127. The average molecular weight is 357 g/mol. The van der Waals surface area contributed by atoms with Crippen LogP contribution in [-0.2, 0) is 13.6 Å². The van der Waals surface area contributed by atoms with E-state index in [2.05, 4.69) is 15.4 Å². The molecule has 0 atom stereocenters. The van der Waals surface area contributed by atoms with Crippen LogP contribution in [0.1, 0.15) is 5.69 Å². The monoisotopic (exact) mass is 357 g/mol. The molecule has 2 aromatic rings. The lowest BCUT2D eigenvalue weighted by Gasteiger charge is -2.05. The highest BCUT2D eigenvalue weighted by Crippen LogP contribution is 2.04. The Morgan fingerprint density at radius 1 is 1.33 bits per heavy atom. The quantitative estimate of drug-likeness (QED) is 0.501. The standard InChI is InChI=1S/C12H15N5.HI/c1-17-11(7-8-15-17)9-14-12(13)16-10-5-3-2-4-6-10;/h2-8H,9H2,1H3,(H3,13,14,16);1H. The minimum atomic E-state index is 0. The number of nitrogens with two attached hydrogens (primary N) is 1. The molecule has 0 aliphatic heterocycles. The van der Waals surface area contributed by atoms with E-state index in [9.17, 15) is 0 Å². The molecule has 0 radical (unpaired) electrons. The first-order chi connectivity index (χ1) is 8.25. The number of guanidine groups is 1. The summed E-state index contributed by atoms with van der Waals surface area (Å²) in [7, 11) is 1.88. The molecule has 18 heavy (non-hydrogen) atoms. The minimum absolute atomic E-state index is 0. The fourth-order valence-corrected chi connectivity index (χ4v) is 1.43. The average Bonchev–Trinajstić information content (AvgIpc) is 2.74. The van der Waals surface area contributed by atoms with Gasteiger partial charge >= 0.3 is 0 Å². The number of nitrogens with one attached hydrogen (secondary N) is 1. The fourth-order valence-electron chi connectivity index (χ4n) is 1.43. The third kappa shape index (κ3) is 4.02. The van der Waals surface area contributed by atoms with Gasteiger partial charge in [0.05, 0.1) is 12.2 Å². The Bertz CT molecular complexity index is 506. The zero-order valence-electron chi connectivity index (χ0n) is 10.1. The van der Waals surface area contributed by atoms with Crippen molar-refractivity contribution in [2.75, 3.05) is 5.32 Å². The molecule has 1 heterocycles. The Kier molecular flexibility index (Phi) is 5.63. The number of aliphatic imine (C=N–C) groups is 1. The first-order valence-electron chi connectivity index (χ1n) is 5.34. The zero-order valence-corrected chi connectivity index (χ0v) is 12.4. The van der Waals surface area contributed by atoms with Gasteiger partial charge in [0.25, 0.3) is 0 Å². The summed E-state index contributed by atoms with van der Waals surface area (Å²) < 4.78 is 1.78. The molecule has 0 aliphatic carbocycles. The number of hydrogen-bond donors (Lipinski definition) is 2. The zero-order chi connectivity index (χ0) is 12.1. The van der Waals surface area contributed by atoms with Gasteiger partial charge in [-0.3, -0.25) is 4.68 Å². The van der Waals surface area contributed by atoms with Crippen LogP contribution in [0.5, 0.6) is 0 Å². The van der Waals surface area contributed by atoms with Gasteiger partial charge in [-0.25, -0.2) is 4.99 Å². The van der Waals surface area contributed by atoms with Crippen LogP contribution in [0.15, 0.2) is 47.6 Å². The molecule has 0 amide bonds. The molecule has 1 aromatic carbocycles. The van der Waals surface area contributed by atoms with E-state index in [0.29, 0.717) is 12.5 Å². The molecule has 1 aromatic heterocycles. The molecule has 96 valence electrons. The minimum Gasteiger partial charge on any atom is -0.370 e. The topological polar surface area (TPSA) is 68.2 Å². The molecule has 3 N–H and O–H groups in total. The summed E-state index contributed by atoms with van der Waals surface area (Å²) in [5.41, 5.74) is 7.73. The van der Waals surface area contributed by atoms with E-state index in [-0.39, 0.29) is 24.0 Å². The largest absolute Gasteiger partial charge is 0.370 e. The maximum absolute atomic E-state index is 5.78. The van der Waals surface area contributed by atoms with Gasteiger partial charge in [-0.05, 0) is 18.2 Å². The number of aryl methyl sites for hydroxylation is 1. The van der Waals surface area contributed by atoms with Crippen molar-refractivity contribution < 1.29 is 0 Å². The van der Waals surface area contributed by atoms with Crippen LogP contribution in [0.25, 0.3) is 0 Å². The van der Waals surface area contributed by atoms with Gasteiger partial charge in [-0.15, -0.1) is 24.0 Å². The second-order valence-corrected chi connectivity index (χ2v) is 3.64. The molecule has 0 saturated heterocycles. The lowest BCUT2D eigenvalue weighted by atomic mass is 10.3. The van der Waals surface area contributed by atoms with Gasteiger partial charge in [-0.2, -0.15) is 5.10 Å². The summed E-state index contributed by atoms with van der Waals surface area (Å²) in [6, 6.07) is 11.6. The lowest BCUT2D eigenvalue weighted by molar-refractivity contribution is 0.712. The number of aromatic nitrogens is 2. The van der Waals surface area contributed by atoms with Crippen molar-refractivity contribution in [3.05, 3.63) is 48.3 Å². The van der Waals surface area contributed by atoms with Crippen molar-refractivity contribution in [1.29, 1.82) is 0 Å². The Morgan fingerprint density at radius 3 is 2.67 bits per heavy atom. The van der Waals surface area contributed by atoms with E-state index >= 15 is 0 Å². The highest BCUT2D eigenvalue weighted by molar-refractivity contribution is 14.0. The van der Waals surface area contributed by atoms with Crippen LogP contribution in [0.4, 0.5) is 5.69 Å². The smallest absolute Gasteiger partial charge is 0.193 e. The van der Waals surface area contributed by atoms with Crippen molar-refractivity contribution in [3.63, 3.8) is 0 Å². The predicted octanol–water partition coefficient (Wildman–Crippen LogP) is 1.96. The Balaban J connectivity index is 0.00000162. The molecular formula is C12H16IN5. The second kappa shape index (κ2) is 7.00. The molecule has 0 aliphatic rings. The van der Waals surface area contributed by atoms with Crippen molar-refractivity contribution in [2.45, 2.75) is 6.54 Å². The van der Waals surface area contributed by atoms with E-state index in [4.69, 9.17) is 5.73 Å².